The first-order valence-electron chi connectivity index (χ1n) is 5.59. The third kappa shape index (κ3) is 2.09. The summed E-state index contributed by atoms with van der Waals surface area (Å²) in [7, 11) is 0. The number of rotatable bonds is 1. The maximum absolute atomic E-state index is 11.9. The lowest BCUT2D eigenvalue weighted by molar-refractivity contribution is 0.0984. The molecule has 0 saturated carbocycles. The molecule has 0 aliphatic carbocycles. The number of hydrogen-bond donors (Lipinski definition) is 0. The van der Waals surface area contributed by atoms with Gasteiger partial charge in [0.15, 0.2) is 5.78 Å². The minimum absolute atomic E-state index is 0.252. The van der Waals surface area contributed by atoms with Crippen LogP contribution in [0.15, 0.2) is 24.3 Å². The molecule has 0 spiro atoms. The molecule has 2 nitrogen and oxygen atoms in total. The molecule has 1 aromatic carbocycles. The third-order valence-electron chi connectivity index (χ3n) is 2.82. The summed E-state index contributed by atoms with van der Waals surface area (Å²) in [5.41, 5.74) is 1.88. The van der Waals surface area contributed by atoms with E-state index in [2.05, 4.69) is 16.7 Å². The van der Waals surface area contributed by atoms with Gasteiger partial charge in [0.25, 0.3) is 0 Å². The van der Waals surface area contributed by atoms with E-state index in [1.165, 1.54) is 0 Å². The van der Waals surface area contributed by atoms with Gasteiger partial charge in [0.2, 0.25) is 0 Å². The third-order valence-corrected chi connectivity index (χ3v) is 2.82. The Morgan fingerprint density at radius 3 is 3.00 bits per heavy atom. The van der Waals surface area contributed by atoms with E-state index in [4.69, 9.17) is 0 Å². The van der Waals surface area contributed by atoms with E-state index in [9.17, 15) is 4.79 Å². The highest BCUT2D eigenvalue weighted by molar-refractivity contribution is 6.01. The highest BCUT2D eigenvalue weighted by Gasteiger charge is 2.19. The summed E-state index contributed by atoms with van der Waals surface area (Å²) in [6.07, 6.45) is 1.56. The van der Waals surface area contributed by atoms with Gasteiger partial charge in [-0.05, 0) is 25.5 Å². The van der Waals surface area contributed by atoms with Gasteiger partial charge in [0, 0.05) is 24.2 Å². The van der Waals surface area contributed by atoms with Crippen LogP contribution in [0.2, 0.25) is 0 Å². The highest BCUT2D eigenvalue weighted by Crippen LogP contribution is 2.25. The van der Waals surface area contributed by atoms with E-state index in [0.29, 0.717) is 13.0 Å². The molecule has 0 unspecified atom stereocenters. The summed E-state index contributed by atoms with van der Waals surface area (Å²) in [6, 6.07) is 7.82. The first-order valence-corrected chi connectivity index (χ1v) is 5.59. The van der Waals surface area contributed by atoms with Gasteiger partial charge in [0.05, 0.1) is 6.54 Å². The maximum atomic E-state index is 11.9. The van der Waals surface area contributed by atoms with Gasteiger partial charge in [-0.3, -0.25) is 4.79 Å². The number of Topliss-reactive ketones (excluding diaryl/α,β-unsaturated/α-hetero) is 1. The van der Waals surface area contributed by atoms with Gasteiger partial charge in [-0.15, -0.1) is 5.92 Å². The highest BCUT2D eigenvalue weighted by atomic mass is 16.1. The fourth-order valence-electron chi connectivity index (χ4n) is 2.01. The molecule has 0 aromatic heterocycles. The molecule has 1 heterocycles. The summed E-state index contributed by atoms with van der Waals surface area (Å²) in [4.78, 5) is 14.1. The van der Waals surface area contributed by atoms with Crippen molar-refractivity contribution in [3.05, 3.63) is 29.8 Å². The van der Waals surface area contributed by atoms with E-state index in [0.717, 1.165) is 24.2 Å². The molecular weight excluding hydrogens is 198 g/mol. The predicted molar refractivity (Wildman–Crippen MR) is 65.7 cm³/mol. The quantitative estimate of drug-likeness (QED) is 0.668. The second-order valence-electron chi connectivity index (χ2n) is 3.89. The topological polar surface area (TPSA) is 20.3 Å². The standard InChI is InChI=1S/C14H15NO/c1-2-3-10-15-11-6-9-14(16)12-7-4-5-8-13(12)15/h4-5,7-8H,6,9-11H2,1H3. The van der Waals surface area contributed by atoms with Crippen LogP contribution >= 0.6 is 0 Å². The molecular formula is C14H15NO. The lowest BCUT2D eigenvalue weighted by atomic mass is 10.1. The van der Waals surface area contributed by atoms with E-state index in [1.54, 1.807) is 0 Å². The number of benzene rings is 1. The van der Waals surface area contributed by atoms with Crippen LogP contribution in [-0.2, 0) is 0 Å². The average Bonchev–Trinajstić information content (AvgIpc) is 2.47. The Hall–Kier alpha value is -1.75. The van der Waals surface area contributed by atoms with Crippen LogP contribution in [-0.4, -0.2) is 18.9 Å². The molecule has 2 heteroatoms. The molecule has 0 atom stereocenters. The van der Waals surface area contributed by atoms with E-state index >= 15 is 0 Å². The predicted octanol–water partition coefficient (Wildman–Crippen LogP) is 2.49. The van der Waals surface area contributed by atoms with Gasteiger partial charge in [-0.1, -0.05) is 18.1 Å². The van der Waals surface area contributed by atoms with Crippen LogP contribution in [0.3, 0.4) is 0 Å². The number of anilines is 1. The van der Waals surface area contributed by atoms with Crippen molar-refractivity contribution in [3.63, 3.8) is 0 Å². The second-order valence-corrected chi connectivity index (χ2v) is 3.89. The number of carbonyl (C=O) groups is 1. The summed E-state index contributed by atoms with van der Waals surface area (Å²) in [5, 5.41) is 0. The Balaban J connectivity index is 2.37. The molecule has 0 fully saturated rings. The zero-order valence-electron chi connectivity index (χ0n) is 9.49. The van der Waals surface area contributed by atoms with Crippen LogP contribution in [0.1, 0.15) is 30.1 Å². The van der Waals surface area contributed by atoms with Gasteiger partial charge in [-0.2, -0.15) is 0 Å². The van der Waals surface area contributed by atoms with Crippen molar-refractivity contribution >= 4 is 11.5 Å². The fourth-order valence-corrected chi connectivity index (χ4v) is 2.01. The molecule has 0 N–H and O–H groups in total. The SMILES string of the molecule is CC#CCN1CCCC(=O)c2ccccc21. The largest absolute Gasteiger partial charge is 0.360 e. The molecule has 0 bridgehead atoms. The van der Waals surface area contributed by atoms with Crippen LogP contribution in [0.25, 0.3) is 0 Å². The van der Waals surface area contributed by atoms with Crippen LogP contribution in [0, 0.1) is 11.8 Å². The van der Waals surface area contributed by atoms with Crippen molar-refractivity contribution in [1.29, 1.82) is 0 Å². The molecule has 2 rings (SSSR count). The number of ketones is 1. The molecule has 0 amide bonds. The van der Waals surface area contributed by atoms with E-state index < -0.39 is 0 Å². The van der Waals surface area contributed by atoms with Crippen LogP contribution in [0.4, 0.5) is 5.69 Å². The maximum Gasteiger partial charge on any atom is 0.165 e. The molecule has 1 aromatic rings. The number of carbonyl (C=O) groups excluding carboxylic acids is 1. The van der Waals surface area contributed by atoms with Crippen molar-refractivity contribution in [3.8, 4) is 11.8 Å². The Morgan fingerprint density at radius 1 is 1.38 bits per heavy atom. The lowest BCUT2D eigenvalue weighted by Crippen LogP contribution is -2.24. The minimum Gasteiger partial charge on any atom is -0.360 e. The molecule has 1 aliphatic heterocycles. The Labute approximate surface area is 96.3 Å². The number of nitrogens with zero attached hydrogens (tertiary/aromatic N) is 1. The van der Waals surface area contributed by atoms with E-state index in [1.807, 2.05) is 31.2 Å². The van der Waals surface area contributed by atoms with Crippen LogP contribution in [0.5, 0.6) is 0 Å². The summed E-state index contributed by atoms with van der Waals surface area (Å²) < 4.78 is 0. The first kappa shape index (κ1) is 10.8. The Kier molecular flexibility index (Phi) is 3.26. The average molecular weight is 213 g/mol. The number of fused-ring (bicyclic) bond motifs is 1. The lowest BCUT2D eigenvalue weighted by Gasteiger charge is -2.21. The molecule has 82 valence electrons. The van der Waals surface area contributed by atoms with Gasteiger partial charge in [-0.25, -0.2) is 0 Å². The summed E-state index contributed by atoms with van der Waals surface area (Å²) in [5.74, 6) is 6.22. The summed E-state index contributed by atoms with van der Waals surface area (Å²) >= 11 is 0. The molecule has 1 aliphatic rings. The van der Waals surface area contributed by atoms with Crippen molar-refractivity contribution in [2.24, 2.45) is 0 Å². The number of para-hydroxylation sites is 1. The monoisotopic (exact) mass is 213 g/mol. The second kappa shape index (κ2) is 4.85. The minimum atomic E-state index is 0.252. The molecule has 0 radical (unpaired) electrons. The van der Waals surface area contributed by atoms with Crippen LogP contribution < -0.4 is 4.90 Å². The normalized spacial score (nSPS) is 14.8. The Morgan fingerprint density at radius 2 is 2.19 bits per heavy atom. The first-order chi connectivity index (χ1) is 7.83. The Bertz CT molecular complexity index is 453. The fraction of sp³-hybridized carbons (Fsp3) is 0.357. The van der Waals surface area contributed by atoms with Gasteiger partial charge >= 0.3 is 0 Å². The summed E-state index contributed by atoms with van der Waals surface area (Å²) in [6.45, 7) is 3.47. The smallest absolute Gasteiger partial charge is 0.165 e. The molecule has 0 saturated heterocycles. The zero-order valence-corrected chi connectivity index (χ0v) is 9.49. The van der Waals surface area contributed by atoms with Crippen molar-refractivity contribution < 1.29 is 4.79 Å². The van der Waals surface area contributed by atoms with E-state index in [-0.39, 0.29) is 5.78 Å². The molecule has 16 heavy (non-hydrogen) atoms. The van der Waals surface area contributed by atoms with Gasteiger partial charge in [0.1, 0.15) is 0 Å². The van der Waals surface area contributed by atoms with Crippen molar-refractivity contribution in [1.82, 2.24) is 0 Å². The zero-order chi connectivity index (χ0) is 11.4. The van der Waals surface area contributed by atoms with Crippen molar-refractivity contribution in [2.45, 2.75) is 19.8 Å². The number of hydrogen-bond acceptors (Lipinski definition) is 2. The van der Waals surface area contributed by atoms with Gasteiger partial charge < -0.3 is 4.90 Å². The van der Waals surface area contributed by atoms with Crippen molar-refractivity contribution in [2.75, 3.05) is 18.0 Å².